The highest BCUT2D eigenvalue weighted by atomic mass is 35.5. The zero-order valence-corrected chi connectivity index (χ0v) is 21.8. The van der Waals surface area contributed by atoms with Crippen LogP contribution in [0.4, 0.5) is 11.6 Å². The van der Waals surface area contributed by atoms with Gasteiger partial charge in [-0.15, -0.1) is 11.6 Å². The Kier molecular flexibility index (Phi) is 8.43. The van der Waals surface area contributed by atoms with Crippen molar-refractivity contribution < 1.29 is 13.2 Å². The average Bonchev–Trinajstić information content (AvgIpc) is 2.81. The van der Waals surface area contributed by atoms with Gasteiger partial charge in [-0.05, 0) is 41.5 Å². The summed E-state index contributed by atoms with van der Waals surface area (Å²) in [6, 6.07) is 15.3. The van der Waals surface area contributed by atoms with Crippen LogP contribution in [0.1, 0.15) is 36.2 Å². The third kappa shape index (κ3) is 6.98. The second-order valence-electron chi connectivity index (χ2n) is 8.29. The minimum atomic E-state index is -3.45. The molecule has 3 aromatic rings. The van der Waals surface area contributed by atoms with Gasteiger partial charge in [0.15, 0.2) is 5.75 Å². The number of hydrogen-bond acceptors (Lipinski definition) is 7. The normalized spacial score (nSPS) is 11.5. The summed E-state index contributed by atoms with van der Waals surface area (Å²) >= 11 is 12.1. The lowest BCUT2D eigenvalue weighted by molar-refractivity contribution is 0.341. The molecule has 3 rings (SSSR count). The largest absolute Gasteiger partial charge is 0.489 e. The number of sulfonamides is 1. The Morgan fingerprint density at radius 2 is 1.86 bits per heavy atom. The summed E-state index contributed by atoms with van der Waals surface area (Å²) in [6.45, 7) is 4.75. The number of benzene rings is 2. The minimum Gasteiger partial charge on any atom is -0.489 e. The van der Waals surface area contributed by atoms with E-state index >= 15 is 0 Å². The summed E-state index contributed by atoms with van der Waals surface area (Å²) in [5.74, 6) is 0.664. The molecule has 2 aromatic carbocycles. The molecule has 0 aliphatic rings. The second kappa shape index (κ2) is 11.1. The molecule has 0 saturated heterocycles. The number of hydrogen-bond donors (Lipinski definition) is 2. The van der Waals surface area contributed by atoms with Crippen molar-refractivity contribution in [1.29, 1.82) is 5.26 Å². The molecule has 0 atom stereocenters. The summed E-state index contributed by atoms with van der Waals surface area (Å²) < 4.78 is 30.6. The first-order valence-electron chi connectivity index (χ1n) is 10.6. The molecule has 1 heterocycles. The Morgan fingerprint density at radius 3 is 2.49 bits per heavy atom. The molecule has 0 fully saturated rings. The third-order valence-electron chi connectivity index (χ3n) is 5.28. The van der Waals surface area contributed by atoms with Gasteiger partial charge in [-0.25, -0.2) is 18.4 Å². The van der Waals surface area contributed by atoms with Crippen molar-refractivity contribution in [3.05, 3.63) is 76.1 Å². The maximum absolute atomic E-state index is 11.4. The summed E-state index contributed by atoms with van der Waals surface area (Å²) in [5.41, 5.74) is 3.33. The summed E-state index contributed by atoms with van der Waals surface area (Å²) in [5, 5.41) is 13.2. The van der Waals surface area contributed by atoms with Gasteiger partial charge in [0, 0.05) is 17.3 Å². The van der Waals surface area contributed by atoms with Gasteiger partial charge < -0.3 is 10.1 Å². The Labute approximate surface area is 215 Å². The van der Waals surface area contributed by atoms with Crippen LogP contribution < -0.4 is 14.8 Å². The van der Waals surface area contributed by atoms with Crippen molar-refractivity contribution in [2.75, 3.05) is 28.8 Å². The number of rotatable bonds is 10. The Bertz CT molecular complexity index is 1340. The molecular formula is C24H25Cl2N5O3S. The zero-order valence-electron chi connectivity index (χ0n) is 19.5. The highest BCUT2D eigenvalue weighted by Gasteiger charge is 2.26. The third-order valence-corrected chi connectivity index (χ3v) is 6.27. The van der Waals surface area contributed by atoms with E-state index in [9.17, 15) is 13.7 Å². The molecule has 184 valence electrons. The smallest absolute Gasteiger partial charge is 0.236 e. The second-order valence-corrected chi connectivity index (χ2v) is 10.8. The van der Waals surface area contributed by atoms with Crippen LogP contribution in [0.15, 0.2) is 48.7 Å². The Balaban J connectivity index is 1.75. The van der Waals surface area contributed by atoms with Crippen molar-refractivity contribution in [3.8, 4) is 11.8 Å². The molecular weight excluding hydrogens is 509 g/mol. The molecule has 1 aromatic heterocycles. The van der Waals surface area contributed by atoms with E-state index in [2.05, 4.69) is 39.9 Å². The van der Waals surface area contributed by atoms with Crippen molar-refractivity contribution in [2.24, 2.45) is 0 Å². The Hall–Kier alpha value is -3.06. The number of ether oxygens (including phenoxy) is 1. The summed E-state index contributed by atoms with van der Waals surface area (Å²) in [6.07, 6.45) is 2.54. The fourth-order valence-electron chi connectivity index (χ4n) is 3.40. The van der Waals surface area contributed by atoms with Crippen molar-refractivity contribution in [2.45, 2.75) is 25.8 Å². The van der Waals surface area contributed by atoms with Crippen LogP contribution in [0.3, 0.4) is 0 Å². The summed E-state index contributed by atoms with van der Waals surface area (Å²) in [4.78, 5) is 8.11. The lowest BCUT2D eigenvalue weighted by Crippen LogP contribution is -2.19. The van der Waals surface area contributed by atoms with Gasteiger partial charge in [-0.2, -0.15) is 5.26 Å². The predicted molar refractivity (Wildman–Crippen MR) is 139 cm³/mol. The molecule has 0 bridgehead atoms. The highest BCUT2D eigenvalue weighted by molar-refractivity contribution is 7.91. The van der Waals surface area contributed by atoms with Gasteiger partial charge in [-0.3, -0.25) is 4.72 Å². The van der Waals surface area contributed by atoms with E-state index in [1.807, 2.05) is 30.3 Å². The molecule has 0 unspecified atom stereocenters. The van der Waals surface area contributed by atoms with E-state index in [-0.39, 0.29) is 12.6 Å². The number of nitriles is 1. The van der Waals surface area contributed by atoms with E-state index in [0.717, 1.165) is 23.1 Å². The van der Waals surface area contributed by atoms with Crippen LogP contribution in [0.25, 0.3) is 0 Å². The number of alkyl halides is 1. The molecule has 8 nitrogen and oxygen atoms in total. The first-order chi connectivity index (χ1) is 16.5. The molecule has 0 aliphatic heterocycles. The van der Waals surface area contributed by atoms with Crippen molar-refractivity contribution in [3.63, 3.8) is 0 Å². The first-order valence-corrected chi connectivity index (χ1v) is 13.4. The van der Waals surface area contributed by atoms with Crippen LogP contribution in [0, 0.1) is 11.3 Å². The van der Waals surface area contributed by atoms with Crippen LogP contribution in [0.5, 0.6) is 5.75 Å². The maximum atomic E-state index is 11.4. The molecule has 0 spiro atoms. The molecule has 35 heavy (non-hydrogen) atoms. The van der Waals surface area contributed by atoms with Gasteiger partial charge in [0.25, 0.3) is 0 Å². The number of nitrogens with zero attached hydrogens (tertiary/aromatic N) is 3. The standard InChI is InChI=1S/C24H25Cl2N5O3S/c1-24(2,18-12-16(14-27)22(21(26)13-18)34-11-9-25)17-4-6-19(7-5-17)29-15-20-8-10-28-23(30-20)31-35(3,32)33/h4-8,10,12-13,29H,9,11,15H2,1-3H3,(H,28,30,31). The highest BCUT2D eigenvalue weighted by Crippen LogP contribution is 2.38. The monoisotopic (exact) mass is 533 g/mol. The minimum absolute atomic E-state index is 0.0263. The molecule has 0 radical (unpaired) electrons. The van der Waals surface area contributed by atoms with E-state index < -0.39 is 15.4 Å². The lowest BCUT2D eigenvalue weighted by Gasteiger charge is -2.27. The number of halogens is 2. The van der Waals surface area contributed by atoms with E-state index in [0.29, 0.717) is 34.5 Å². The van der Waals surface area contributed by atoms with Crippen LogP contribution >= 0.6 is 23.2 Å². The number of nitrogens with one attached hydrogen (secondary N) is 2. The fourth-order valence-corrected chi connectivity index (χ4v) is 4.18. The van der Waals surface area contributed by atoms with Gasteiger partial charge in [0.2, 0.25) is 16.0 Å². The maximum Gasteiger partial charge on any atom is 0.236 e. The predicted octanol–water partition coefficient (Wildman–Crippen LogP) is 4.93. The molecule has 11 heteroatoms. The van der Waals surface area contributed by atoms with Gasteiger partial charge in [0.05, 0.1) is 35.0 Å². The van der Waals surface area contributed by atoms with Crippen LogP contribution in [-0.2, 0) is 22.0 Å². The SMILES string of the molecule is CC(C)(c1ccc(NCc2ccnc(NS(C)(=O)=O)n2)cc1)c1cc(Cl)c(OCCCl)c(C#N)c1. The van der Waals surface area contributed by atoms with Gasteiger partial charge in [-0.1, -0.05) is 37.6 Å². The molecule has 2 N–H and O–H groups in total. The van der Waals surface area contributed by atoms with Gasteiger partial charge in [0.1, 0.15) is 12.7 Å². The van der Waals surface area contributed by atoms with Crippen LogP contribution in [0.2, 0.25) is 5.02 Å². The van der Waals surface area contributed by atoms with E-state index in [1.54, 1.807) is 12.1 Å². The molecule has 0 amide bonds. The zero-order chi connectivity index (χ0) is 25.6. The van der Waals surface area contributed by atoms with Crippen molar-refractivity contribution in [1.82, 2.24) is 9.97 Å². The van der Waals surface area contributed by atoms with Crippen molar-refractivity contribution >= 4 is 44.9 Å². The first kappa shape index (κ1) is 26.5. The van der Waals surface area contributed by atoms with Gasteiger partial charge >= 0.3 is 0 Å². The lowest BCUT2D eigenvalue weighted by atomic mass is 9.77. The number of aromatic nitrogens is 2. The topological polar surface area (TPSA) is 117 Å². The molecule has 0 saturated carbocycles. The number of anilines is 2. The van der Waals surface area contributed by atoms with E-state index in [4.69, 9.17) is 27.9 Å². The Morgan fingerprint density at radius 1 is 1.14 bits per heavy atom. The quantitative estimate of drug-likeness (QED) is 0.354. The molecule has 0 aliphatic carbocycles. The fraction of sp³-hybridized carbons (Fsp3) is 0.292. The van der Waals surface area contributed by atoms with Crippen LogP contribution in [-0.4, -0.2) is 37.1 Å². The summed E-state index contributed by atoms with van der Waals surface area (Å²) in [7, 11) is -3.45. The van der Waals surface area contributed by atoms with E-state index in [1.165, 1.54) is 6.20 Å². The average molecular weight is 534 g/mol.